The molecule has 1 aliphatic heterocycles. The van der Waals surface area contributed by atoms with Crippen LogP contribution in [-0.4, -0.2) is 12.6 Å². The smallest absolute Gasteiger partial charge is 0.338 e. The van der Waals surface area contributed by atoms with E-state index in [0.29, 0.717) is 12.2 Å². The molecular weight excluding hydrogens is 635 g/mol. The molecule has 3 aromatic rings. The van der Waals surface area contributed by atoms with Crippen LogP contribution in [0.25, 0.3) is 11.1 Å². The fourth-order valence-corrected chi connectivity index (χ4v) is 8.31. The number of carbonyl (C=O) groups excluding carboxylic acids is 1. The Morgan fingerprint density at radius 2 is 1.08 bits per heavy atom. The Hall–Kier alpha value is -2.84. The van der Waals surface area contributed by atoms with Gasteiger partial charge in [-0.1, -0.05) is 181 Å². The molecule has 0 radical (unpaired) electrons. The first-order valence-corrected chi connectivity index (χ1v) is 20.9. The minimum absolute atomic E-state index is 0.257. The quantitative estimate of drug-likeness (QED) is 0.0669. The number of ether oxygens (including phenoxy) is 1. The molecule has 0 bridgehead atoms. The van der Waals surface area contributed by atoms with E-state index >= 15 is 0 Å². The lowest BCUT2D eigenvalue weighted by atomic mass is 9.78. The molecule has 1 atom stereocenters. The second-order valence-corrected chi connectivity index (χ2v) is 17.7. The standard InChI is InChI=1S/C45H65O4P/c1-8-9-10-11-12-13-14-15-16-17-18-19-20-21-22-27-32-47-43(46)35-33-38(44(2,3)4)42(39(34-35)45(5,6)7)49-50-41-31-26-24-29-37(41)36-28-23-25-30-40(36)48-50/h23-26,28-31,33-34H,8-22,27,32H2,1-7H3. The Bertz CT molecular complexity index is 1450. The van der Waals surface area contributed by atoms with E-state index in [1.165, 1.54) is 89.9 Å². The molecule has 1 heterocycles. The number of unbranched alkanes of at least 4 members (excludes halogenated alkanes) is 15. The average molecular weight is 701 g/mol. The summed E-state index contributed by atoms with van der Waals surface area (Å²) in [5, 5.41) is 1.06. The summed E-state index contributed by atoms with van der Waals surface area (Å²) in [7, 11) is -1.45. The maximum absolute atomic E-state index is 13.5. The van der Waals surface area contributed by atoms with E-state index < -0.39 is 8.38 Å². The van der Waals surface area contributed by atoms with Crippen molar-refractivity contribution < 1.29 is 18.6 Å². The van der Waals surface area contributed by atoms with Gasteiger partial charge < -0.3 is 13.8 Å². The van der Waals surface area contributed by atoms with Crippen molar-refractivity contribution in [2.45, 2.75) is 162 Å². The molecule has 4 rings (SSSR count). The number of esters is 1. The van der Waals surface area contributed by atoms with E-state index in [4.69, 9.17) is 13.8 Å². The Morgan fingerprint density at radius 1 is 0.620 bits per heavy atom. The fourth-order valence-electron chi connectivity index (χ4n) is 6.78. The Labute approximate surface area is 306 Å². The van der Waals surface area contributed by atoms with Crippen molar-refractivity contribution in [1.82, 2.24) is 0 Å². The molecule has 50 heavy (non-hydrogen) atoms. The normalized spacial score (nSPS) is 14.1. The zero-order valence-corrected chi connectivity index (χ0v) is 33.3. The number of carbonyl (C=O) groups is 1. The summed E-state index contributed by atoms with van der Waals surface area (Å²) >= 11 is 0. The maximum atomic E-state index is 13.5. The molecular formula is C45H65O4P. The van der Waals surface area contributed by atoms with Crippen molar-refractivity contribution in [3.05, 3.63) is 77.4 Å². The van der Waals surface area contributed by atoms with Crippen molar-refractivity contribution in [2.24, 2.45) is 0 Å². The van der Waals surface area contributed by atoms with Crippen molar-refractivity contribution in [3.8, 4) is 22.6 Å². The van der Waals surface area contributed by atoms with Crippen LogP contribution in [0, 0.1) is 0 Å². The van der Waals surface area contributed by atoms with Crippen LogP contribution in [0.3, 0.4) is 0 Å². The summed E-state index contributed by atoms with van der Waals surface area (Å²) in [6, 6.07) is 20.5. The maximum Gasteiger partial charge on any atom is 0.338 e. The zero-order valence-electron chi connectivity index (χ0n) is 32.4. The van der Waals surface area contributed by atoms with Gasteiger partial charge in [0.2, 0.25) is 0 Å². The average Bonchev–Trinajstić information content (AvgIpc) is 3.08. The molecule has 5 heteroatoms. The van der Waals surface area contributed by atoms with Crippen molar-refractivity contribution in [1.29, 1.82) is 0 Å². The first-order valence-electron chi connectivity index (χ1n) is 19.7. The first kappa shape index (κ1) is 39.9. The van der Waals surface area contributed by atoms with Gasteiger partial charge in [0.25, 0.3) is 0 Å². The zero-order chi connectivity index (χ0) is 36.0. The fraction of sp³-hybridized carbons (Fsp3) is 0.578. The number of rotatable bonds is 20. The number of fused-ring (bicyclic) bond motifs is 3. The van der Waals surface area contributed by atoms with Gasteiger partial charge in [-0.3, -0.25) is 0 Å². The van der Waals surface area contributed by atoms with E-state index in [0.717, 1.165) is 51.9 Å². The molecule has 0 spiro atoms. The Balaban J connectivity index is 1.29. The highest BCUT2D eigenvalue weighted by Gasteiger charge is 2.35. The monoisotopic (exact) mass is 700 g/mol. The highest BCUT2D eigenvalue weighted by atomic mass is 31.2. The van der Waals surface area contributed by atoms with Gasteiger partial charge in [0.1, 0.15) is 11.5 Å². The molecule has 4 nitrogen and oxygen atoms in total. The van der Waals surface area contributed by atoms with E-state index in [-0.39, 0.29) is 16.8 Å². The summed E-state index contributed by atoms with van der Waals surface area (Å²) < 4.78 is 19.4. The third kappa shape index (κ3) is 11.9. The number of hydrogen-bond donors (Lipinski definition) is 0. The third-order valence-corrected chi connectivity index (χ3v) is 11.3. The molecule has 1 aliphatic rings. The number of hydrogen-bond acceptors (Lipinski definition) is 4. The van der Waals surface area contributed by atoms with Crippen LogP contribution in [0.1, 0.15) is 173 Å². The minimum Gasteiger partial charge on any atom is -0.462 e. The summed E-state index contributed by atoms with van der Waals surface area (Å²) in [4.78, 5) is 13.5. The van der Waals surface area contributed by atoms with E-state index in [1.807, 2.05) is 36.4 Å². The van der Waals surface area contributed by atoms with Crippen molar-refractivity contribution in [3.63, 3.8) is 0 Å². The molecule has 0 N–H and O–H groups in total. The van der Waals surface area contributed by atoms with Crippen molar-refractivity contribution in [2.75, 3.05) is 6.61 Å². The summed E-state index contributed by atoms with van der Waals surface area (Å²) in [6.07, 6.45) is 21.2. The molecule has 3 aromatic carbocycles. The first-order chi connectivity index (χ1) is 24.0. The molecule has 0 saturated heterocycles. The van der Waals surface area contributed by atoms with E-state index in [2.05, 4.69) is 72.7 Å². The predicted octanol–water partition coefficient (Wildman–Crippen LogP) is 13.8. The Kier molecular flexibility index (Phi) is 15.7. The van der Waals surface area contributed by atoms with Crippen LogP contribution in [0.2, 0.25) is 0 Å². The van der Waals surface area contributed by atoms with Crippen molar-refractivity contribution >= 4 is 19.6 Å². The van der Waals surface area contributed by atoms with Gasteiger partial charge in [0.05, 0.1) is 17.5 Å². The van der Waals surface area contributed by atoms with Gasteiger partial charge >= 0.3 is 14.3 Å². The van der Waals surface area contributed by atoms with Gasteiger partial charge in [-0.2, -0.15) is 0 Å². The number of benzene rings is 3. The third-order valence-electron chi connectivity index (χ3n) is 9.81. The highest BCUT2D eigenvalue weighted by molar-refractivity contribution is 7.57. The van der Waals surface area contributed by atoms with Gasteiger partial charge in [-0.25, -0.2) is 4.79 Å². The summed E-state index contributed by atoms with van der Waals surface area (Å²) in [6.45, 7) is 15.8. The van der Waals surface area contributed by atoms with Crippen LogP contribution >= 0.6 is 8.38 Å². The van der Waals surface area contributed by atoms with Crippen LogP contribution in [0.5, 0.6) is 11.5 Å². The number of para-hydroxylation sites is 1. The molecule has 0 aliphatic carbocycles. The predicted molar refractivity (Wildman–Crippen MR) is 213 cm³/mol. The van der Waals surface area contributed by atoms with Gasteiger partial charge in [-0.15, -0.1) is 0 Å². The Morgan fingerprint density at radius 3 is 1.60 bits per heavy atom. The second-order valence-electron chi connectivity index (χ2n) is 16.3. The molecule has 1 unspecified atom stereocenters. The molecule has 0 amide bonds. The molecule has 0 aromatic heterocycles. The molecule has 0 saturated carbocycles. The largest absolute Gasteiger partial charge is 0.462 e. The summed E-state index contributed by atoms with van der Waals surface area (Å²) in [5.74, 6) is 1.38. The van der Waals surface area contributed by atoms with E-state index in [9.17, 15) is 4.79 Å². The van der Waals surface area contributed by atoms with Crippen LogP contribution < -0.4 is 14.4 Å². The highest BCUT2D eigenvalue weighted by Crippen LogP contribution is 2.52. The lowest BCUT2D eigenvalue weighted by molar-refractivity contribution is 0.0497. The second kappa shape index (κ2) is 19.7. The molecule has 274 valence electrons. The van der Waals surface area contributed by atoms with Crippen LogP contribution in [0.15, 0.2) is 60.7 Å². The lowest BCUT2D eigenvalue weighted by Gasteiger charge is -2.33. The van der Waals surface area contributed by atoms with Gasteiger partial charge in [0.15, 0.2) is 0 Å². The van der Waals surface area contributed by atoms with Crippen LogP contribution in [-0.2, 0) is 15.6 Å². The van der Waals surface area contributed by atoms with E-state index in [1.54, 1.807) is 0 Å². The van der Waals surface area contributed by atoms with Gasteiger partial charge in [-0.05, 0) is 47.1 Å². The topological polar surface area (TPSA) is 44.8 Å². The summed E-state index contributed by atoms with van der Waals surface area (Å²) in [5.41, 5.74) is 4.24. The lowest BCUT2D eigenvalue weighted by Crippen LogP contribution is -2.23. The van der Waals surface area contributed by atoms with Gasteiger partial charge in [0, 0.05) is 16.7 Å². The molecule has 0 fully saturated rings. The SMILES string of the molecule is CCCCCCCCCCCCCCCCCCOC(=O)c1cc(C(C)(C)C)c(OP2Oc3ccccc3-c3ccccc32)c(C(C)(C)C)c1. The van der Waals surface area contributed by atoms with Crippen LogP contribution in [0.4, 0.5) is 0 Å². The minimum atomic E-state index is -1.45.